The monoisotopic (exact) mass is 1450 g/mol. The SMILES string of the molecule is CCCCCC/C=C\CCCCCCCCCC(=O)OCC(COP(=O)(O)OC1C(OC2OC(CO)C(O)C(O)C2O)C(O)C(O)C(O)C1OC1OC(COC(=O)CCCCC/C=C\CCCCCCCCC)C(O)C(O)C1O)OC(=O)CCCCCCCCC(C)CCCCCCCC. The van der Waals surface area contributed by atoms with Gasteiger partial charge in [0.15, 0.2) is 18.7 Å². The zero-order valence-electron chi connectivity index (χ0n) is 61.4. The first-order valence-electron chi connectivity index (χ1n) is 39.0. The third kappa shape index (κ3) is 38.6. The molecule has 11 N–H and O–H groups in total. The Balaban J connectivity index is 1.74. The van der Waals surface area contributed by atoms with Crippen molar-refractivity contribution < 1.29 is 117 Å². The molecule has 2 aliphatic heterocycles. The second kappa shape index (κ2) is 55.8. The van der Waals surface area contributed by atoms with Crippen LogP contribution < -0.4 is 0 Å². The predicted molar refractivity (Wildman–Crippen MR) is 379 cm³/mol. The lowest BCUT2D eigenvalue weighted by atomic mass is 9.84. The summed E-state index contributed by atoms with van der Waals surface area (Å²) < 4.78 is 65.1. The van der Waals surface area contributed by atoms with Crippen LogP contribution >= 0.6 is 7.82 Å². The van der Waals surface area contributed by atoms with Crippen molar-refractivity contribution in [1.29, 1.82) is 0 Å². The summed E-state index contributed by atoms with van der Waals surface area (Å²) in [5.41, 5.74) is 0. The molecule has 1 aliphatic carbocycles. The second-order valence-corrected chi connectivity index (χ2v) is 29.7. The third-order valence-electron chi connectivity index (χ3n) is 19.3. The zero-order chi connectivity index (χ0) is 73.3. The Morgan fingerprint density at radius 1 is 0.410 bits per heavy atom. The number of rotatable bonds is 60. The number of carbonyl (C=O) groups excluding carboxylic acids is 3. The molecule has 0 radical (unpaired) electrons. The van der Waals surface area contributed by atoms with E-state index in [4.69, 9.17) is 42.2 Å². The fraction of sp³-hybridized carbons (Fsp3) is 0.907. The Bertz CT molecular complexity index is 2180. The molecule has 3 aliphatic rings. The molecular weight excluding hydrogens is 1320 g/mol. The standard InChI is InChI=1S/C75H137O24P/c1-5-8-11-14-17-19-21-23-25-27-29-30-32-38-43-48-59(77)91-52-56(94-61(79)50-45-40-35-34-37-42-47-55(4)46-41-36-16-13-10-7-3)53-93-100(89,90)99-73-71(97-74-69(87)64(82)62(80)57(51-76)95-74)67(85)66(84)68(86)72(73)98-75-70(88)65(83)63(81)58(96-75)54-92-60(78)49-44-39-33-31-28-26-24-22-20-18-15-12-9-6-2/h19,21,26,28,55-58,62-76,80-88H,5-18,20,22-25,27,29-54H2,1-4H3,(H,89,90)/b21-19-,28-26-. The van der Waals surface area contributed by atoms with Crippen LogP contribution in [-0.4, -0.2) is 204 Å². The van der Waals surface area contributed by atoms with E-state index in [0.717, 1.165) is 116 Å². The van der Waals surface area contributed by atoms with Gasteiger partial charge in [0.05, 0.1) is 13.2 Å². The van der Waals surface area contributed by atoms with Gasteiger partial charge in [-0.1, -0.05) is 232 Å². The number of carbonyl (C=O) groups is 3. The molecule has 1 saturated carbocycles. The second-order valence-electron chi connectivity index (χ2n) is 28.3. The predicted octanol–water partition coefficient (Wildman–Crippen LogP) is 11.2. The van der Waals surface area contributed by atoms with Crippen molar-refractivity contribution in [2.24, 2.45) is 5.92 Å². The van der Waals surface area contributed by atoms with Crippen LogP contribution in [0, 0.1) is 5.92 Å². The van der Waals surface area contributed by atoms with Crippen LogP contribution in [0.25, 0.3) is 0 Å². The van der Waals surface area contributed by atoms with Crippen molar-refractivity contribution in [3.8, 4) is 0 Å². The van der Waals surface area contributed by atoms with Gasteiger partial charge in [0.25, 0.3) is 0 Å². The maximum absolute atomic E-state index is 14.4. The first-order valence-corrected chi connectivity index (χ1v) is 40.5. The Hall–Kier alpha value is -2.56. The molecular formula is C75H137O24P. The number of hydrogen-bond acceptors (Lipinski definition) is 23. The zero-order valence-corrected chi connectivity index (χ0v) is 62.3. The van der Waals surface area contributed by atoms with Crippen molar-refractivity contribution in [3.63, 3.8) is 0 Å². The molecule has 19 atom stereocenters. The average molecular weight is 1450 g/mol. The molecule has 586 valence electrons. The lowest BCUT2D eigenvalue weighted by Gasteiger charge is -2.49. The third-order valence-corrected chi connectivity index (χ3v) is 20.3. The van der Waals surface area contributed by atoms with Gasteiger partial charge in [-0.15, -0.1) is 0 Å². The number of aliphatic hydroxyl groups is 10. The lowest BCUT2D eigenvalue weighted by molar-refractivity contribution is -0.360. The molecule has 2 saturated heterocycles. The van der Waals surface area contributed by atoms with Gasteiger partial charge in [0.2, 0.25) is 0 Å². The quantitative estimate of drug-likeness (QED) is 0.00886. The first-order chi connectivity index (χ1) is 48.2. The molecule has 25 heteroatoms. The maximum Gasteiger partial charge on any atom is 0.472 e. The van der Waals surface area contributed by atoms with Gasteiger partial charge in [0, 0.05) is 19.3 Å². The molecule has 2 heterocycles. The van der Waals surface area contributed by atoms with Gasteiger partial charge in [0.1, 0.15) is 98.7 Å². The number of aliphatic hydroxyl groups excluding tert-OH is 10. The van der Waals surface area contributed by atoms with Gasteiger partial charge < -0.3 is 89.1 Å². The fourth-order valence-corrected chi connectivity index (χ4v) is 13.8. The normalized spacial score (nSPS) is 27.8. The van der Waals surface area contributed by atoms with Gasteiger partial charge in [-0.05, 0) is 76.5 Å². The Labute approximate surface area is 598 Å². The molecule has 3 rings (SSSR count). The highest BCUT2D eigenvalue weighted by atomic mass is 31.2. The van der Waals surface area contributed by atoms with E-state index in [-0.39, 0.29) is 19.3 Å². The van der Waals surface area contributed by atoms with Crippen LogP contribution in [0.1, 0.15) is 297 Å². The first kappa shape index (κ1) is 91.6. The minimum Gasteiger partial charge on any atom is -0.463 e. The molecule has 24 nitrogen and oxygen atoms in total. The van der Waals surface area contributed by atoms with E-state index < -0.39 is 156 Å². The van der Waals surface area contributed by atoms with Gasteiger partial charge in [-0.2, -0.15) is 0 Å². The van der Waals surface area contributed by atoms with E-state index in [1.165, 1.54) is 116 Å². The number of hydrogen-bond donors (Lipinski definition) is 11. The molecule has 3 fully saturated rings. The van der Waals surface area contributed by atoms with E-state index >= 15 is 0 Å². The van der Waals surface area contributed by atoms with Crippen molar-refractivity contribution in [2.75, 3.05) is 26.4 Å². The summed E-state index contributed by atoms with van der Waals surface area (Å²) in [6.07, 6.45) is 15.2. The molecule has 100 heavy (non-hydrogen) atoms. The highest BCUT2D eigenvalue weighted by Crippen LogP contribution is 2.49. The molecule has 0 bridgehead atoms. The van der Waals surface area contributed by atoms with Crippen LogP contribution in [-0.2, 0) is 61.2 Å². The number of ether oxygens (including phenoxy) is 7. The number of esters is 3. The fourth-order valence-electron chi connectivity index (χ4n) is 12.9. The van der Waals surface area contributed by atoms with E-state index in [9.17, 15) is 74.9 Å². The topological polar surface area (TPSA) is 374 Å². The van der Waals surface area contributed by atoms with E-state index in [1.807, 2.05) is 0 Å². The van der Waals surface area contributed by atoms with Crippen molar-refractivity contribution in [2.45, 2.75) is 402 Å². The van der Waals surface area contributed by atoms with Crippen molar-refractivity contribution in [3.05, 3.63) is 24.3 Å². The van der Waals surface area contributed by atoms with Crippen molar-refractivity contribution in [1.82, 2.24) is 0 Å². The minimum absolute atomic E-state index is 0.00802. The number of allylic oxidation sites excluding steroid dienone is 4. The summed E-state index contributed by atoms with van der Waals surface area (Å²) in [5.74, 6) is -1.33. The number of phosphoric ester groups is 1. The number of unbranched alkanes of at least 4 members (excludes halogenated alkanes) is 31. The van der Waals surface area contributed by atoms with E-state index in [1.54, 1.807) is 0 Å². The van der Waals surface area contributed by atoms with Crippen LogP contribution in [0.2, 0.25) is 0 Å². The molecule has 0 spiro atoms. The molecule has 0 aromatic heterocycles. The molecule has 0 aromatic carbocycles. The summed E-state index contributed by atoms with van der Waals surface area (Å²) in [5, 5.41) is 110. The van der Waals surface area contributed by atoms with E-state index in [2.05, 4.69) is 52.0 Å². The molecule has 0 amide bonds. The highest BCUT2D eigenvalue weighted by Gasteiger charge is 2.58. The summed E-state index contributed by atoms with van der Waals surface area (Å²) in [4.78, 5) is 51.1. The van der Waals surface area contributed by atoms with Gasteiger partial charge in [-0.3, -0.25) is 23.4 Å². The van der Waals surface area contributed by atoms with Crippen molar-refractivity contribution >= 4 is 25.7 Å². The largest absolute Gasteiger partial charge is 0.472 e. The smallest absolute Gasteiger partial charge is 0.463 e. The maximum atomic E-state index is 14.4. The number of phosphoric acid groups is 1. The Morgan fingerprint density at radius 2 is 0.760 bits per heavy atom. The van der Waals surface area contributed by atoms with E-state index in [0.29, 0.717) is 25.2 Å². The van der Waals surface area contributed by atoms with Crippen LogP contribution in [0.5, 0.6) is 0 Å². The molecule has 0 aromatic rings. The minimum atomic E-state index is -5.70. The van der Waals surface area contributed by atoms with Gasteiger partial charge in [-0.25, -0.2) is 4.57 Å². The average Bonchev–Trinajstić information content (AvgIpc) is 0.765. The van der Waals surface area contributed by atoms with Crippen LogP contribution in [0.15, 0.2) is 24.3 Å². The summed E-state index contributed by atoms with van der Waals surface area (Å²) in [6.45, 7) is 5.74. The highest BCUT2D eigenvalue weighted by molar-refractivity contribution is 7.47. The van der Waals surface area contributed by atoms with Crippen LogP contribution in [0.4, 0.5) is 0 Å². The Kier molecular flexibility index (Phi) is 51.2. The van der Waals surface area contributed by atoms with Gasteiger partial charge >= 0.3 is 25.7 Å². The Morgan fingerprint density at radius 3 is 1.20 bits per heavy atom. The molecule has 19 unspecified atom stereocenters. The summed E-state index contributed by atoms with van der Waals surface area (Å²) in [7, 11) is -5.70. The lowest BCUT2D eigenvalue weighted by Crippen LogP contribution is -2.69. The van der Waals surface area contributed by atoms with Crippen LogP contribution in [0.3, 0.4) is 0 Å². The summed E-state index contributed by atoms with van der Waals surface area (Å²) >= 11 is 0. The summed E-state index contributed by atoms with van der Waals surface area (Å²) in [6, 6.07) is 0.